The Hall–Kier alpha value is -4.85. The number of benzene rings is 3. The van der Waals surface area contributed by atoms with E-state index in [2.05, 4.69) is 4.98 Å². The SMILES string of the molecule is CCOC(=O)C(CCC=Cc1cc2c(cc1OCc1nc(-c3ccccc3)oc1C)C(=O)CC2)Oc1ccccc1OC. The van der Waals surface area contributed by atoms with Crippen LogP contribution in [0.3, 0.4) is 0 Å². The number of rotatable bonds is 13. The Balaban J connectivity index is 1.31. The zero-order chi connectivity index (χ0) is 30.2. The Kier molecular flexibility index (Phi) is 9.56. The molecule has 43 heavy (non-hydrogen) atoms. The fourth-order valence-corrected chi connectivity index (χ4v) is 4.95. The zero-order valence-corrected chi connectivity index (χ0v) is 24.6. The first-order valence-corrected chi connectivity index (χ1v) is 14.4. The molecule has 1 aromatic heterocycles. The number of oxazole rings is 1. The summed E-state index contributed by atoms with van der Waals surface area (Å²) < 4.78 is 28.8. The highest BCUT2D eigenvalue weighted by Crippen LogP contribution is 2.33. The molecule has 0 radical (unpaired) electrons. The molecule has 1 aliphatic rings. The van der Waals surface area contributed by atoms with E-state index in [-0.39, 0.29) is 19.0 Å². The van der Waals surface area contributed by atoms with Crippen LogP contribution >= 0.6 is 0 Å². The summed E-state index contributed by atoms with van der Waals surface area (Å²) in [6, 6.07) is 20.7. The number of allylic oxidation sites excluding steroid dienone is 1. The lowest BCUT2D eigenvalue weighted by Crippen LogP contribution is -2.29. The van der Waals surface area contributed by atoms with Gasteiger partial charge in [-0.2, -0.15) is 0 Å². The van der Waals surface area contributed by atoms with Crippen molar-refractivity contribution >= 4 is 17.8 Å². The van der Waals surface area contributed by atoms with Crippen molar-refractivity contribution in [1.29, 1.82) is 0 Å². The Bertz CT molecular complexity index is 1610. The smallest absolute Gasteiger partial charge is 0.347 e. The molecule has 1 heterocycles. The van der Waals surface area contributed by atoms with Gasteiger partial charge in [-0.25, -0.2) is 9.78 Å². The minimum atomic E-state index is -0.803. The standard InChI is InChI=1S/C35H35NO7/c1-4-40-35(38)32(43-31-16-11-10-15-30(31)39-3)17-9-8-14-26-20-25-18-19-29(37)27(25)21-33(26)41-22-28-23(2)42-34(36-28)24-12-6-5-7-13-24/h5-8,10-16,20-21,32H,4,9,17-19,22H2,1-3H3. The second kappa shape index (κ2) is 13.9. The number of nitrogens with zero attached hydrogens (tertiary/aromatic N) is 1. The molecule has 0 N–H and O–H groups in total. The molecule has 0 saturated carbocycles. The highest BCUT2D eigenvalue weighted by molar-refractivity contribution is 6.01. The van der Waals surface area contributed by atoms with E-state index in [1.54, 1.807) is 26.2 Å². The number of hydrogen-bond donors (Lipinski definition) is 0. The average Bonchev–Trinajstić information content (AvgIpc) is 3.59. The maximum atomic E-state index is 12.7. The van der Waals surface area contributed by atoms with Crippen LogP contribution in [0.25, 0.3) is 17.5 Å². The summed E-state index contributed by atoms with van der Waals surface area (Å²) in [5.41, 5.74) is 4.12. The van der Waals surface area contributed by atoms with Gasteiger partial charge in [-0.1, -0.05) is 42.5 Å². The van der Waals surface area contributed by atoms with Gasteiger partial charge in [0.1, 0.15) is 23.8 Å². The zero-order valence-electron chi connectivity index (χ0n) is 24.6. The van der Waals surface area contributed by atoms with E-state index in [0.29, 0.717) is 65.8 Å². The van der Waals surface area contributed by atoms with Crippen molar-refractivity contribution in [3.05, 3.63) is 101 Å². The number of carbonyl (C=O) groups is 2. The molecule has 5 rings (SSSR count). The average molecular weight is 582 g/mol. The first-order valence-electron chi connectivity index (χ1n) is 14.4. The Labute approximate surface area is 251 Å². The van der Waals surface area contributed by atoms with Gasteiger partial charge < -0.3 is 23.4 Å². The van der Waals surface area contributed by atoms with Crippen molar-refractivity contribution in [2.45, 2.75) is 52.2 Å². The molecular weight excluding hydrogens is 546 g/mol. The second-order valence-corrected chi connectivity index (χ2v) is 10.1. The number of ketones is 1. The Morgan fingerprint density at radius 2 is 1.79 bits per heavy atom. The third-order valence-electron chi connectivity index (χ3n) is 7.22. The summed E-state index contributed by atoms with van der Waals surface area (Å²) in [5, 5.41) is 0. The molecule has 1 unspecified atom stereocenters. The largest absolute Gasteiger partial charge is 0.493 e. The number of Topliss-reactive ketones (excluding diaryl/α,β-unsaturated/α-hetero) is 1. The summed E-state index contributed by atoms with van der Waals surface area (Å²) >= 11 is 0. The summed E-state index contributed by atoms with van der Waals surface area (Å²) in [7, 11) is 1.56. The van der Waals surface area contributed by atoms with Gasteiger partial charge in [0.15, 0.2) is 23.4 Å². The van der Waals surface area contributed by atoms with Crippen LogP contribution in [-0.4, -0.2) is 36.6 Å². The fraction of sp³-hybridized carbons (Fsp3) is 0.286. The molecule has 0 amide bonds. The molecule has 0 spiro atoms. The normalized spacial score (nSPS) is 13.1. The first-order chi connectivity index (χ1) is 21.0. The van der Waals surface area contributed by atoms with Gasteiger partial charge in [-0.15, -0.1) is 0 Å². The van der Waals surface area contributed by atoms with Crippen molar-refractivity contribution in [2.24, 2.45) is 0 Å². The second-order valence-electron chi connectivity index (χ2n) is 10.1. The van der Waals surface area contributed by atoms with Crippen LogP contribution in [0.2, 0.25) is 0 Å². The van der Waals surface area contributed by atoms with Crippen molar-refractivity contribution < 1.29 is 33.0 Å². The van der Waals surface area contributed by atoms with Crippen molar-refractivity contribution in [3.63, 3.8) is 0 Å². The minimum Gasteiger partial charge on any atom is -0.493 e. The van der Waals surface area contributed by atoms with E-state index < -0.39 is 12.1 Å². The molecule has 8 nitrogen and oxygen atoms in total. The number of fused-ring (bicyclic) bond motifs is 1. The number of hydrogen-bond acceptors (Lipinski definition) is 8. The molecule has 3 aromatic carbocycles. The van der Waals surface area contributed by atoms with E-state index in [1.165, 1.54) is 0 Å². The number of methoxy groups -OCH3 is 1. The van der Waals surface area contributed by atoms with Crippen LogP contribution in [0, 0.1) is 6.92 Å². The topological polar surface area (TPSA) is 97.1 Å². The first kappa shape index (κ1) is 29.6. The van der Waals surface area contributed by atoms with Crippen LogP contribution in [0.5, 0.6) is 17.2 Å². The van der Waals surface area contributed by atoms with Crippen LogP contribution in [0.1, 0.15) is 59.1 Å². The lowest BCUT2D eigenvalue weighted by molar-refractivity contribution is -0.151. The summed E-state index contributed by atoms with van der Waals surface area (Å²) in [6.07, 6.45) is 5.25. The molecule has 1 atom stereocenters. The van der Waals surface area contributed by atoms with Crippen molar-refractivity contribution in [1.82, 2.24) is 4.98 Å². The predicted octanol–water partition coefficient (Wildman–Crippen LogP) is 7.17. The quantitative estimate of drug-likeness (QED) is 0.153. The number of para-hydroxylation sites is 2. The van der Waals surface area contributed by atoms with E-state index in [1.807, 2.05) is 73.7 Å². The van der Waals surface area contributed by atoms with Gasteiger partial charge in [-0.05, 0) is 75.1 Å². The number of esters is 1. The van der Waals surface area contributed by atoms with Crippen molar-refractivity contribution in [3.8, 4) is 28.7 Å². The highest BCUT2D eigenvalue weighted by atomic mass is 16.6. The monoisotopic (exact) mass is 581 g/mol. The van der Waals surface area contributed by atoms with E-state index in [4.69, 9.17) is 23.4 Å². The van der Waals surface area contributed by atoms with Crippen LogP contribution in [-0.2, 0) is 22.6 Å². The molecule has 8 heteroatoms. The van der Waals surface area contributed by atoms with Gasteiger partial charge >= 0.3 is 5.97 Å². The molecule has 1 aliphatic carbocycles. The number of aromatic nitrogens is 1. The molecule has 222 valence electrons. The highest BCUT2D eigenvalue weighted by Gasteiger charge is 2.24. The molecule has 0 saturated heterocycles. The lowest BCUT2D eigenvalue weighted by Gasteiger charge is -2.18. The molecule has 0 aliphatic heterocycles. The third kappa shape index (κ3) is 7.15. The van der Waals surface area contributed by atoms with Gasteiger partial charge in [0, 0.05) is 23.1 Å². The third-order valence-corrected chi connectivity index (χ3v) is 7.22. The van der Waals surface area contributed by atoms with E-state index >= 15 is 0 Å². The minimum absolute atomic E-state index is 0.116. The van der Waals surface area contributed by atoms with Crippen LogP contribution in [0.4, 0.5) is 0 Å². The van der Waals surface area contributed by atoms with Gasteiger partial charge in [-0.3, -0.25) is 4.79 Å². The van der Waals surface area contributed by atoms with Crippen LogP contribution < -0.4 is 14.2 Å². The van der Waals surface area contributed by atoms with Gasteiger partial charge in [0.05, 0.1) is 13.7 Å². The van der Waals surface area contributed by atoms with Gasteiger partial charge in [0.2, 0.25) is 5.89 Å². The Morgan fingerprint density at radius 3 is 2.56 bits per heavy atom. The number of carbonyl (C=O) groups excluding carboxylic acids is 2. The van der Waals surface area contributed by atoms with Crippen LogP contribution in [0.15, 0.2) is 77.2 Å². The van der Waals surface area contributed by atoms with Crippen molar-refractivity contribution in [2.75, 3.05) is 13.7 Å². The summed E-state index contributed by atoms with van der Waals surface area (Å²) in [6.45, 7) is 4.07. The predicted molar refractivity (Wildman–Crippen MR) is 162 cm³/mol. The number of aryl methyl sites for hydroxylation is 2. The maximum absolute atomic E-state index is 12.7. The van der Waals surface area contributed by atoms with E-state index in [0.717, 1.165) is 16.7 Å². The molecule has 0 bridgehead atoms. The maximum Gasteiger partial charge on any atom is 0.347 e. The lowest BCUT2D eigenvalue weighted by atomic mass is 10.0. The molecule has 0 fully saturated rings. The summed E-state index contributed by atoms with van der Waals surface area (Å²) in [5.74, 6) is 2.50. The van der Waals surface area contributed by atoms with Gasteiger partial charge in [0.25, 0.3) is 0 Å². The number of ether oxygens (including phenoxy) is 4. The molecule has 4 aromatic rings. The fourth-order valence-electron chi connectivity index (χ4n) is 4.95. The summed E-state index contributed by atoms with van der Waals surface area (Å²) in [4.78, 5) is 29.8. The molecular formula is C35H35NO7. The Morgan fingerprint density at radius 1 is 1.02 bits per heavy atom. The van der Waals surface area contributed by atoms with E-state index in [9.17, 15) is 9.59 Å².